The number of nitriles is 1. The Hall–Kier alpha value is -4.24. The molecule has 2 aliphatic rings. The zero-order valence-electron chi connectivity index (χ0n) is 22.3. The molecule has 1 aliphatic carbocycles. The Balaban J connectivity index is 1.41. The van der Waals surface area contributed by atoms with Gasteiger partial charge in [0.2, 0.25) is 0 Å². The fourth-order valence-corrected chi connectivity index (χ4v) is 4.86. The van der Waals surface area contributed by atoms with Crippen molar-refractivity contribution in [2.75, 3.05) is 18.4 Å². The Morgan fingerprint density at radius 1 is 1.20 bits per heavy atom. The van der Waals surface area contributed by atoms with E-state index in [1.165, 1.54) is 4.57 Å². The van der Waals surface area contributed by atoms with Gasteiger partial charge in [-0.05, 0) is 43.0 Å². The lowest BCUT2D eigenvalue weighted by Crippen LogP contribution is -2.17. The van der Waals surface area contributed by atoms with Crippen LogP contribution in [0.5, 0.6) is 0 Å². The number of hydrogen-bond donors (Lipinski definition) is 2. The number of nitrogens with two attached hydrogens (primary N) is 1. The number of halogens is 3. The van der Waals surface area contributed by atoms with E-state index in [1.54, 1.807) is 25.4 Å². The summed E-state index contributed by atoms with van der Waals surface area (Å²) >= 11 is 0. The van der Waals surface area contributed by atoms with Gasteiger partial charge in [0.25, 0.3) is 0 Å². The number of nitrogens with zero attached hydrogens (tertiary/aromatic N) is 7. The molecule has 1 fully saturated rings. The van der Waals surface area contributed by atoms with Crippen LogP contribution in [0.1, 0.15) is 48.1 Å². The third-order valence-electron chi connectivity index (χ3n) is 6.98. The third-order valence-corrected chi connectivity index (χ3v) is 6.98. The number of alkyl halides is 3. The summed E-state index contributed by atoms with van der Waals surface area (Å²) in [5, 5.41) is 12.7. The summed E-state index contributed by atoms with van der Waals surface area (Å²) in [6.45, 7) is 4.32. The van der Waals surface area contributed by atoms with Crippen LogP contribution in [0.4, 0.5) is 19.0 Å². The molecule has 208 valence electrons. The normalized spacial score (nSPS) is 16.2. The number of imidazole rings is 1. The fourth-order valence-electron chi connectivity index (χ4n) is 4.86. The number of aryl methyl sites for hydroxylation is 1. The minimum absolute atomic E-state index is 0.241. The SMILES string of the molecule is CCN=C(/C(=C\N)C1CC1)c1nc2c(c(NCc3ccc(-c4nc(C(F)(F)F)cn4C)cc3)n1)CN(CC#N)C2. The zero-order chi connectivity index (χ0) is 28.4. The van der Waals surface area contributed by atoms with Gasteiger partial charge >= 0.3 is 6.18 Å². The van der Waals surface area contributed by atoms with Gasteiger partial charge in [0.1, 0.15) is 17.4 Å². The first kappa shape index (κ1) is 27.3. The van der Waals surface area contributed by atoms with E-state index >= 15 is 0 Å². The number of fused-ring (bicyclic) bond motifs is 1. The Kier molecular flexibility index (Phi) is 7.58. The summed E-state index contributed by atoms with van der Waals surface area (Å²) in [6.07, 6.45) is 0.213. The Bertz CT molecular complexity index is 1490. The maximum absolute atomic E-state index is 13.1. The number of allylic oxidation sites excluding steroid dienone is 1. The highest BCUT2D eigenvalue weighted by Gasteiger charge is 2.35. The van der Waals surface area contributed by atoms with Gasteiger partial charge < -0.3 is 15.6 Å². The molecule has 9 nitrogen and oxygen atoms in total. The van der Waals surface area contributed by atoms with Gasteiger partial charge in [0.15, 0.2) is 11.5 Å². The first-order chi connectivity index (χ1) is 19.2. The van der Waals surface area contributed by atoms with E-state index in [9.17, 15) is 18.4 Å². The molecule has 1 saturated carbocycles. The van der Waals surface area contributed by atoms with Crippen molar-refractivity contribution in [2.45, 2.75) is 45.6 Å². The number of hydrogen-bond acceptors (Lipinski definition) is 8. The Labute approximate surface area is 230 Å². The molecule has 0 atom stereocenters. The van der Waals surface area contributed by atoms with Crippen molar-refractivity contribution < 1.29 is 13.2 Å². The molecule has 12 heteroatoms. The molecule has 1 aromatic carbocycles. The van der Waals surface area contributed by atoms with Gasteiger partial charge in [0.05, 0.1) is 18.3 Å². The van der Waals surface area contributed by atoms with Crippen molar-refractivity contribution in [1.29, 1.82) is 5.26 Å². The largest absolute Gasteiger partial charge is 0.434 e. The van der Waals surface area contributed by atoms with Crippen molar-refractivity contribution >= 4 is 11.5 Å². The lowest BCUT2D eigenvalue weighted by molar-refractivity contribution is -0.140. The predicted octanol–water partition coefficient (Wildman–Crippen LogP) is 4.41. The number of anilines is 1. The van der Waals surface area contributed by atoms with E-state index in [-0.39, 0.29) is 12.4 Å². The molecule has 0 bridgehead atoms. The van der Waals surface area contributed by atoms with E-state index in [0.717, 1.165) is 41.4 Å². The number of aromatic nitrogens is 4. The summed E-state index contributed by atoms with van der Waals surface area (Å²) in [5.74, 6) is 1.78. The van der Waals surface area contributed by atoms with Crippen LogP contribution >= 0.6 is 0 Å². The number of rotatable bonds is 9. The molecule has 0 radical (unpaired) electrons. The molecule has 3 aromatic rings. The third kappa shape index (κ3) is 5.70. The maximum atomic E-state index is 13.1. The van der Waals surface area contributed by atoms with Crippen LogP contribution in [0.25, 0.3) is 11.4 Å². The van der Waals surface area contributed by atoms with E-state index in [1.807, 2.05) is 24.0 Å². The van der Waals surface area contributed by atoms with Gasteiger partial charge in [-0.1, -0.05) is 24.3 Å². The quantitative estimate of drug-likeness (QED) is 0.300. The zero-order valence-corrected chi connectivity index (χ0v) is 22.3. The molecular weight excluding hydrogens is 519 g/mol. The summed E-state index contributed by atoms with van der Waals surface area (Å²) in [5.41, 5.74) is 10.0. The number of benzene rings is 1. The molecule has 0 amide bonds. The molecule has 3 N–H and O–H groups in total. The molecule has 0 saturated heterocycles. The van der Waals surface area contributed by atoms with Gasteiger partial charge in [-0.3, -0.25) is 9.89 Å². The van der Waals surface area contributed by atoms with E-state index < -0.39 is 11.9 Å². The standard InChI is InChI=1S/C28H30F3N9/c1-3-34-24(20(12-33)18-8-9-18)26-36-22-15-40(11-10-32)14-21(22)25(38-26)35-13-17-4-6-19(7-5-17)27-37-23(16-39(27)2)28(29,30)31/h4-7,12,16,18H,3,8-9,11,13-15,33H2,1-2H3,(H,35,36,38)/b20-12-,34-24?. The Morgan fingerprint density at radius 3 is 2.55 bits per heavy atom. The molecule has 2 aromatic heterocycles. The molecule has 3 heterocycles. The van der Waals surface area contributed by atoms with Crippen LogP contribution in [0.2, 0.25) is 0 Å². The van der Waals surface area contributed by atoms with Gasteiger partial charge in [0, 0.05) is 50.6 Å². The van der Waals surface area contributed by atoms with Crippen LogP contribution in [0, 0.1) is 17.2 Å². The van der Waals surface area contributed by atoms with Gasteiger partial charge in [-0.2, -0.15) is 18.4 Å². The van der Waals surface area contributed by atoms with Gasteiger partial charge in [-0.25, -0.2) is 15.0 Å². The lowest BCUT2D eigenvalue weighted by atomic mass is 10.1. The van der Waals surface area contributed by atoms with Crippen LogP contribution in [-0.4, -0.2) is 43.2 Å². The molecule has 5 rings (SSSR count). The van der Waals surface area contributed by atoms with Crippen LogP contribution in [-0.2, 0) is 32.9 Å². The summed E-state index contributed by atoms with van der Waals surface area (Å²) < 4.78 is 40.6. The lowest BCUT2D eigenvalue weighted by Gasteiger charge is -2.15. The van der Waals surface area contributed by atoms with Crippen LogP contribution in [0.15, 0.2) is 47.2 Å². The van der Waals surface area contributed by atoms with Crippen molar-refractivity contribution in [2.24, 2.45) is 23.7 Å². The predicted molar refractivity (Wildman–Crippen MR) is 145 cm³/mol. The topological polar surface area (TPSA) is 121 Å². The van der Waals surface area contributed by atoms with E-state index in [2.05, 4.69) is 16.4 Å². The first-order valence-electron chi connectivity index (χ1n) is 13.1. The molecule has 1 aliphatic heterocycles. The smallest absolute Gasteiger partial charge is 0.404 e. The average Bonchev–Trinajstić information content (AvgIpc) is 3.55. The van der Waals surface area contributed by atoms with Gasteiger partial charge in [-0.15, -0.1) is 0 Å². The summed E-state index contributed by atoms with van der Waals surface area (Å²) in [7, 11) is 1.54. The number of aliphatic imine (C=N–C) groups is 1. The molecular formula is C28H30F3N9. The molecule has 40 heavy (non-hydrogen) atoms. The second-order valence-corrected chi connectivity index (χ2v) is 9.95. The highest BCUT2D eigenvalue weighted by molar-refractivity contribution is 6.11. The second kappa shape index (κ2) is 11.1. The van der Waals surface area contributed by atoms with Crippen molar-refractivity contribution in [3.8, 4) is 17.5 Å². The number of nitrogens with one attached hydrogen (secondary N) is 1. The Morgan fingerprint density at radius 2 is 1.95 bits per heavy atom. The van der Waals surface area contributed by atoms with Crippen molar-refractivity contribution in [1.82, 2.24) is 24.4 Å². The van der Waals surface area contributed by atoms with Crippen molar-refractivity contribution in [3.05, 3.63) is 70.6 Å². The highest BCUT2D eigenvalue weighted by atomic mass is 19.4. The van der Waals surface area contributed by atoms with Crippen LogP contribution in [0.3, 0.4) is 0 Å². The average molecular weight is 550 g/mol. The fraction of sp³-hybridized carbons (Fsp3) is 0.393. The second-order valence-electron chi connectivity index (χ2n) is 9.95. The first-order valence-corrected chi connectivity index (χ1v) is 13.1. The van der Waals surface area contributed by atoms with Crippen molar-refractivity contribution in [3.63, 3.8) is 0 Å². The molecule has 0 spiro atoms. The molecule has 0 unspecified atom stereocenters. The summed E-state index contributed by atoms with van der Waals surface area (Å²) in [4.78, 5) is 20.2. The minimum Gasteiger partial charge on any atom is -0.404 e. The maximum Gasteiger partial charge on any atom is 0.434 e. The van der Waals surface area contributed by atoms with E-state index in [0.29, 0.717) is 55.0 Å². The minimum atomic E-state index is -4.50. The monoisotopic (exact) mass is 549 g/mol. The summed E-state index contributed by atoms with van der Waals surface area (Å²) in [6, 6.07) is 9.41. The van der Waals surface area contributed by atoms with E-state index in [4.69, 9.17) is 20.7 Å². The van der Waals surface area contributed by atoms with Crippen LogP contribution < -0.4 is 11.1 Å². The highest BCUT2D eigenvalue weighted by Crippen LogP contribution is 2.38.